The molecule has 0 saturated heterocycles. The second kappa shape index (κ2) is 5.34. The van der Waals surface area contributed by atoms with E-state index in [0.717, 1.165) is 22.1 Å². The van der Waals surface area contributed by atoms with Gasteiger partial charge < -0.3 is 14.7 Å². The highest BCUT2D eigenvalue weighted by atomic mass is 35.5. The lowest BCUT2D eigenvalue weighted by atomic mass is 10.1. The number of carboxylic acids is 1. The summed E-state index contributed by atoms with van der Waals surface area (Å²) < 4.78 is 5.54. The number of anilines is 1. The largest absolute Gasteiger partial charge is 0.489 e. The van der Waals surface area contributed by atoms with Gasteiger partial charge in [-0.25, -0.2) is 4.79 Å². The van der Waals surface area contributed by atoms with E-state index in [-0.39, 0.29) is 5.56 Å². The molecule has 0 unspecified atom stereocenters. The van der Waals surface area contributed by atoms with Gasteiger partial charge in [-0.3, -0.25) is 0 Å². The molecule has 0 aliphatic carbocycles. The zero-order chi connectivity index (χ0) is 14.1. The highest BCUT2D eigenvalue weighted by Gasteiger charge is 2.23. The second-order valence-electron chi connectivity index (χ2n) is 4.46. The number of carboxylic acid groups (broad SMARTS) is 1. The lowest BCUT2D eigenvalue weighted by Crippen LogP contribution is -2.32. The molecule has 1 aliphatic rings. The van der Waals surface area contributed by atoms with E-state index in [1.807, 2.05) is 17.5 Å². The van der Waals surface area contributed by atoms with E-state index in [4.69, 9.17) is 16.3 Å². The summed E-state index contributed by atoms with van der Waals surface area (Å²) in [4.78, 5) is 14.5. The first-order valence-electron chi connectivity index (χ1n) is 6.12. The minimum atomic E-state index is -0.970. The molecule has 1 aliphatic heterocycles. The van der Waals surface area contributed by atoms with Crippen LogP contribution < -0.4 is 9.64 Å². The molecule has 0 saturated carbocycles. The van der Waals surface area contributed by atoms with Gasteiger partial charge in [0.1, 0.15) is 12.2 Å². The third-order valence-electron chi connectivity index (χ3n) is 3.14. The third kappa shape index (κ3) is 2.46. The van der Waals surface area contributed by atoms with Crippen molar-refractivity contribution in [3.8, 4) is 5.75 Å². The molecule has 3 rings (SSSR count). The van der Waals surface area contributed by atoms with Gasteiger partial charge in [0.15, 0.2) is 5.75 Å². The van der Waals surface area contributed by atoms with Crippen molar-refractivity contribution in [2.75, 3.05) is 18.1 Å². The Balaban J connectivity index is 1.94. The monoisotopic (exact) mass is 309 g/mol. The molecule has 2 aromatic rings. The van der Waals surface area contributed by atoms with Crippen LogP contribution >= 0.6 is 22.9 Å². The molecule has 2 heterocycles. The maximum absolute atomic E-state index is 11.2. The van der Waals surface area contributed by atoms with Gasteiger partial charge in [-0.2, -0.15) is 0 Å². The van der Waals surface area contributed by atoms with Crippen LogP contribution in [-0.2, 0) is 6.54 Å². The number of rotatable bonds is 3. The molecule has 0 radical (unpaired) electrons. The summed E-state index contributed by atoms with van der Waals surface area (Å²) in [7, 11) is 0. The van der Waals surface area contributed by atoms with Gasteiger partial charge in [0, 0.05) is 10.3 Å². The number of halogens is 1. The van der Waals surface area contributed by atoms with E-state index >= 15 is 0 Å². The Hall–Kier alpha value is -1.72. The van der Waals surface area contributed by atoms with E-state index in [1.165, 1.54) is 0 Å². The Morgan fingerprint density at radius 2 is 2.35 bits per heavy atom. The minimum Gasteiger partial charge on any atom is -0.489 e. The molecule has 0 spiro atoms. The number of hydrogen-bond acceptors (Lipinski definition) is 4. The topological polar surface area (TPSA) is 49.8 Å². The van der Waals surface area contributed by atoms with Crippen molar-refractivity contribution in [3.05, 3.63) is 45.1 Å². The van der Waals surface area contributed by atoms with Gasteiger partial charge in [-0.1, -0.05) is 17.7 Å². The molecule has 4 nitrogen and oxygen atoms in total. The predicted octanol–water partition coefficient (Wildman–Crippen LogP) is 3.50. The SMILES string of the molecule is O=C(O)c1cccc2c1OCCN2Cc1cc(Cl)cs1. The summed E-state index contributed by atoms with van der Waals surface area (Å²) in [6, 6.07) is 7.12. The van der Waals surface area contributed by atoms with Crippen molar-refractivity contribution in [3.63, 3.8) is 0 Å². The number of carbonyl (C=O) groups is 1. The van der Waals surface area contributed by atoms with Gasteiger partial charge in [-0.15, -0.1) is 11.3 Å². The Labute approximate surface area is 125 Å². The van der Waals surface area contributed by atoms with E-state index in [2.05, 4.69) is 4.90 Å². The van der Waals surface area contributed by atoms with Gasteiger partial charge in [0.25, 0.3) is 0 Å². The third-order valence-corrected chi connectivity index (χ3v) is 4.41. The van der Waals surface area contributed by atoms with E-state index in [9.17, 15) is 9.90 Å². The molecule has 1 aromatic carbocycles. The summed E-state index contributed by atoms with van der Waals surface area (Å²) in [5, 5.41) is 11.8. The van der Waals surface area contributed by atoms with Crippen LogP contribution in [0.4, 0.5) is 5.69 Å². The molecule has 1 aromatic heterocycles. The molecule has 0 amide bonds. The van der Waals surface area contributed by atoms with E-state index in [1.54, 1.807) is 23.5 Å². The van der Waals surface area contributed by atoms with Crippen LogP contribution in [0.2, 0.25) is 5.02 Å². The molecule has 0 fully saturated rings. The molecular formula is C14H12ClNO3S. The molecule has 0 atom stereocenters. The first-order valence-corrected chi connectivity index (χ1v) is 7.38. The van der Waals surface area contributed by atoms with E-state index in [0.29, 0.717) is 18.9 Å². The van der Waals surface area contributed by atoms with Crippen molar-refractivity contribution < 1.29 is 14.6 Å². The summed E-state index contributed by atoms with van der Waals surface area (Å²) in [6.45, 7) is 1.92. The Morgan fingerprint density at radius 3 is 3.05 bits per heavy atom. The van der Waals surface area contributed by atoms with Gasteiger partial charge in [0.2, 0.25) is 0 Å². The molecule has 0 bridgehead atoms. The van der Waals surface area contributed by atoms with Crippen molar-refractivity contribution in [2.45, 2.75) is 6.54 Å². The summed E-state index contributed by atoms with van der Waals surface area (Å²) >= 11 is 7.53. The number of thiophene rings is 1. The fraction of sp³-hybridized carbons (Fsp3) is 0.214. The van der Waals surface area contributed by atoms with Crippen LogP contribution in [0, 0.1) is 0 Å². The predicted molar refractivity (Wildman–Crippen MR) is 79.3 cm³/mol. The lowest BCUT2D eigenvalue weighted by Gasteiger charge is -2.31. The molecule has 20 heavy (non-hydrogen) atoms. The average Bonchev–Trinajstić information content (AvgIpc) is 2.84. The Kier molecular flexibility index (Phi) is 3.54. The Morgan fingerprint density at radius 1 is 1.50 bits per heavy atom. The van der Waals surface area contributed by atoms with Crippen LogP contribution in [0.1, 0.15) is 15.2 Å². The number of para-hydroxylation sites is 1. The number of nitrogens with zero attached hydrogens (tertiary/aromatic N) is 1. The smallest absolute Gasteiger partial charge is 0.339 e. The lowest BCUT2D eigenvalue weighted by molar-refractivity contribution is 0.0692. The standard InChI is InChI=1S/C14H12ClNO3S/c15-9-6-10(20-8-9)7-16-4-5-19-13-11(14(17)18)2-1-3-12(13)16/h1-3,6,8H,4-5,7H2,(H,17,18). The molecular weight excluding hydrogens is 298 g/mol. The van der Waals surface area contributed by atoms with E-state index < -0.39 is 5.97 Å². The van der Waals surface area contributed by atoms with Gasteiger partial charge in [-0.05, 0) is 18.2 Å². The minimum absolute atomic E-state index is 0.205. The maximum Gasteiger partial charge on any atom is 0.339 e. The first kappa shape index (κ1) is 13.3. The number of fused-ring (bicyclic) bond motifs is 1. The van der Waals surface area contributed by atoms with Crippen LogP contribution in [0.5, 0.6) is 5.75 Å². The normalized spacial score (nSPS) is 13.8. The number of benzene rings is 1. The quantitative estimate of drug-likeness (QED) is 0.943. The maximum atomic E-state index is 11.2. The van der Waals surface area contributed by atoms with Crippen LogP contribution in [0.15, 0.2) is 29.6 Å². The summed E-state index contributed by atoms with van der Waals surface area (Å²) in [5.41, 5.74) is 1.03. The number of aromatic carboxylic acids is 1. The van der Waals surface area contributed by atoms with Crippen LogP contribution in [-0.4, -0.2) is 24.2 Å². The van der Waals surface area contributed by atoms with Gasteiger partial charge in [0.05, 0.1) is 23.8 Å². The second-order valence-corrected chi connectivity index (χ2v) is 5.89. The van der Waals surface area contributed by atoms with Gasteiger partial charge >= 0.3 is 5.97 Å². The molecule has 6 heteroatoms. The average molecular weight is 310 g/mol. The van der Waals surface area contributed by atoms with Crippen molar-refractivity contribution >= 4 is 34.6 Å². The van der Waals surface area contributed by atoms with Crippen molar-refractivity contribution in [2.24, 2.45) is 0 Å². The number of ether oxygens (including phenoxy) is 1. The molecule has 104 valence electrons. The van der Waals surface area contributed by atoms with Crippen molar-refractivity contribution in [1.29, 1.82) is 0 Å². The summed E-state index contributed by atoms with van der Waals surface area (Å²) in [5.74, 6) is -0.517. The first-order chi connectivity index (χ1) is 9.65. The highest BCUT2D eigenvalue weighted by Crippen LogP contribution is 2.36. The van der Waals surface area contributed by atoms with Crippen LogP contribution in [0.25, 0.3) is 0 Å². The van der Waals surface area contributed by atoms with Crippen LogP contribution in [0.3, 0.4) is 0 Å². The zero-order valence-corrected chi connectivity index (χ0v) is 12.1. The number of hydrogen-bond donors (Lipinski definition) is 1. The van der Waals surface area contributed by atoms with Crippen molar-refractivity contribution in [1.82, 2.24) is 0 Å². The Bertz CT molecular complexity index is 656. The fourth-order valence-corrected chi connectivity index (χ4v) is 3.35. The summed E-state index contributed by atoms with van der Waals surface area (Å²) in [6.07, 6.45) is 0. The zero-order valence-electron chi connectivity index (χ0n) is 10.5. The molecule has 1 N–H and O–H groups in total. The fourth-order valence-electron chi connectivity index (χ4n) is 2.26. The highest BCUT2D eigenvalue weighted by molar-refractivity contribution is 7.10.